The third kappa shape index (κ3) is 5.07. The van der Waals surface area contributed by atoms with Gasteiger partial charge in [-0.05, 0) is 23.8 Å². The number of methoxy groups -OCH3 is 1. The molecule has 5 heteroatoms. The van der Waals surface area contributed by atoms with E-state index in [1.54, 1.807) is 7.11 Å². The van der Waals surface area contributed by atoms with E-state index in [-0.39, 0.29) is 5.91 Å². The summed E-state index contributed by atoms with van der Waals surface area (Å²) in [5.74, 6) is 1.44. The number of hydrogen-bond acceptors (Lipinski definition) is 3. The lowest BCUT2D eigenvalue weighted by Crippen LogP contribution is -2.29. The first-order chi connectivity index (χ1) is 10.7. The molecule has 0 unspecified atom stereocenters. The van der Waals surface area contributed by atoms with Crippen molar-refractivity contribution < 1.29 is 14.3 Å². The van der Waals surface area contributed by atoms with Crippen molar-refractivity contribution in [3.8, 4) is 11.5 Å². The van der Waals surface area contributed by atoms with Gasteiger partial charge in [-0.15, -0.1) is 0 Å². The Hall–Kier alpha value is -2.01. The molecule has 1 N–H and O–H groups in total. The van der Waals surface area contributed by atoms with Gasteiger partial charge >= 0.3 is 0 Å². The Labute approximate surface area is 138 Å². The normalized spacial score (nSPS) is 10.1. The molecule has 1 amide bonds. The van der Waals surface area contributed by atoms with Crippen LogP contribution < -0.4 is 14.8 Å². The second kappa shape index (κ2) is 8.44. The van der Waals surface area contributed by atoms with Crippen LogP contribution in [0.15, 0.2) is 53.0 Å². The molecule has 2 aromatic carbocycles. The number of ether oxygens (including phenoxy) is 2. The Morgan fingerprint density at radius 1 is 1.14 bits per heavy atom. The molecule has 4 nitrogen and oxygen atoms in total. The summed E-state index contributed by atoms with van der Waals surface area (Å²) in [5.41, 5.74) is 0.966. The summed E-state index contributed by atoms with van der Waals surface area (Å²) in [4.78, 5) is 11.9. The number of benzene rings is 2. The van der Waals surface area contributed by atoms with Gasteiger partial charge in [-0.25, -0.2) is 0 Å². The average molecular weight is 364 g/mol. The van der Waals surface area contributed by atoms with E-state index in [1.807, 2.05) is 48.5 Å². The summed E-state index contributed by atoms with van der Waals surface area (Å²) < 4.78 is 11.6. The van der Waals surface area contributed by atoms with Gasteiger partial charge in [0.2, 0.25) is 5.91 Å². The van der Waals surface area contributed by atoms with Crippen molar-refractivity contribution in [2.45, 2.75) is 6.42 Å². The first-order valence-corrected chi connectivity index (χ1v) is 7.75. The zero-order chi connectivity index (χ0) is 15.8. The van der Waals surface area contributed by atoms with Gasteiger partial charge in [0.15, 0.2) is 0 Å². The first kappa shape index (κ1) is 16.4. The Morgan fingerprint density at radius 3 is 2.68 bits per heavy atom. The molecule has 0 saturated heterocycles. The molecule has 0 fully saturated rings. The maximum atomic E-state index is 11.9. The summed E-state index contributed by atoms with van der Waals surface area (Å²) in [6.45, 7) is 0.870. The van der Waals surface area contributed by atoms with Crippen molar-refractivity contribution >= 4 is 21.8 Å². The molecule has 2 aromatic rings. The van der Waals surface area contributed by atoms with Crippen molar-refractivity contribution in [2.75, 3.05) is 20.3 Å². The topological polar surface area (TPSA) is 47.6 Å². The third-order valence-electron chi connectivity index (χ3n) is 3.04. The monoisotopic (exact) mass is 363 g/mol. The molecule has 0 aliphatic rings. The highest BCUT2D eigenvalue weighted by molar-refractivity contribution is 9.10. The molecular formula is C17H18BrNO3. The smallest absolute Gasteiger partial charge is 0.224 e. The highest BCUT2D eigenvalue weighted by Crippen LogP contribution is 2.18. The zero-order valence-electron chi connectivity index (χ0n) is 12.3. The van der Waals surface area contributed by atoms with Crippen molar-refractivity contribution in [3.63, 3.8) is 0 Å². The summed E-state index contributed by atoms with van der Waals surface area (Å²) in [6.07, 6.45) is 0.348. The van der Waals surface area contributed by atoms with E-state index in [4.69, 9.17) is 9.47 Å². The first-order valence-electron chi connectivity index (χ1n) is 6.96. The molecule has 0 heterocycles. The fourth-order valence-electron chi connectivity index (χ4n) is 1.93. The van der Waals surface area contributed by atoms with Crippen LogP contribution in [0.2, 0.25) is 0 Å². The van der Waals surface area contributed by atoms with Crippen LogP contribution in [0, 0.1) is 0 Å². The number of rotatable bonds is 7. The third-order valence-corrected chi connectivity index (χ3v) is 3.82. The van der Waals surface area contributed by atoms with Gasteiger partial charge in [0, 0.05) is 10.5 Å². The van der Waals surface area contributed by atoms with Crippen LogP contribution in [0.5, 0.6) is 11.5 Å². The Balaban J connectivity index is 1.72. The van der Waals surface area contributed by atoms with Crippen molar-refractivity contribution in [1.29, 1.82) is 0 Å². The van der Waals surface area contributed by atoms with E-state index in [9.17, 15) is 4.79 Å². The molecular weight excluding hydrogens is 346 g/mol. The lowest BCUT2D eigenvalue weighted by molar-refractivity contribution is -0.120. The molecule has 2 rings (SSSR count). The zero-order valence-corrected chi connectivity index (χ0v) is 13.9. The van der Waals surface area contributed by atoms with Gasteiger partial charge in [-0.3, -0.25) is 4.79 Å². The molecule has 0 saturated carbocycles. The molecule has 0 atom stereocenters. The number of carbonyl (C=O) groups excluding carboxylic acids is 1. The Bertz CT molecular complexity index is 631. The maximum absolute atomic E-state index is 11.9. The molecule has 116 valence electrons. The number of hydrogen-bond donors (Lipinski definition) is 1. The largest absolute Gasteiger partial charge is 0.497 e. The maximum Gasteiger partial charge on any atom is 0.224 e. The van der Waals surface area contributed by atoms with Gasteiger partial charge in [-0.1, -0.05) is 40.2 Å². The van der Waals surface area contributed by atoms with Crippen LogP contribution in [0.4, 0.5) is 0 Å². The number of carbonyl (C=O) groups is 1. The molecule has 0 radical (unpaired) electrons. The van der Waals surface area contributed by atoms with Crippen LogP contribution in [-0.4, -0.2) is 26.2 Å². The number of amides is 1. The van der Waals surface area contributed by atoms with Crippen LogP contribution in [0.1, 0.15) is 5.56 Å². The summed E-state index contributed by atoms with van der Waals surface area (Å²) >= 11 is 3.43. The van der Waals surface area contributed by atoms with Crippen molar-refractivity contribution in [1.82, 2.24) is 5.32 Å². The van der Waals surface area contributed by atoms with E-state index in [1.165, 1.54) is 0 Å². The van der Waals surface area contributed by atoms with Gasteiger partial charge in [0.1, 0.15) is 18.1 Å². The molecule has 22 heavy (non-hydrogen) atoms. The molecule has 0 spiro atoms. The molecule has 0 aromatic heterocycles. The molecule has 0 aliphatic heterocycles. The SMILES string of the molecule is COc1cccc(OCCNC(=O)Cc2ccccc2Br)c1. The van der Waals surface area contributed by atoms with E-state index in [0.717, 1.165) is 21.5 Å². The minimum atomic E-state index is -0.0267. The van der Waals surface area contributed by atoms with E-state index >= 15 is 0 Å². The van der Waals surface area contributed by atoms with Crippen LogP contribution in [-0.2, 0) is 11.2 Å². The lowest BCUT2D eigenvalue weighted by atomic mass is 10.1. The van der Waals surface area contributed by atoms with Crippen LogP contribution in [0.3, 0.4) is 0 Å². The fraction of sp³-hybridized carbons (Fsp3) is 0.235. The van der Waals surface area contributed by atoms with Crippen LogP contribution >= 0.6 is 15.9 Å². The quantitative estimate of drug-likeness (QED) is 0.768. The second-order valence-corrected chi connectivity index (χ2v) is 5.50. The van der Waals surface area contributed by atoms with E-state index in [2.05, 4.69) is 21.2 Å². The minimum Gasteiger partial charge on any atom is -0.497 e. The van der Waals surface area contributed by atoms with Crippen LogP contribution in [0.25, 0.3) is 0 Å². The summed E-state index contributed by atoms with van der Waals surface area (Å²) in [7, 11) is 1.61. The van der Waals surface area contributed by atoms with Gasteiger partial charge < -0.3 is 14.8 Å². The standard InChI is InChI=1S/C17H18BrNO3/c1-21-14-6-4-7-15(12-14)22-10-9-19-17(20)11-13-5-2-3-8-16(13)18/h2-8,12H,9-11H2,1H3,(H,19,20). The summed E-state index contributed by atoms with van der Waals surface area (Å²) in [6, 6.07) is 15.1. The Morgan fingerprint density at radius 2 is 1.91 bits per heavy atom. The van der Waals surface area contributed by atoms with E-state index in [0.29, 0.717) is 19.6 Å². The highest BCUT2D eigenvalue weighted by atomic mass is 79.9. The minimum absolute atomic E-state index is 0.0267. The van der Waals surface area contributed by atoms with Crippen molar-refractivity contribution in [3.05, 3.63) is 58.6 Å². The second-order valence-electron chi connectivity index (χ2n) is 4.65. The van der Waals surface area contributed by atoms with E-state index < -0.39 is 0 Å². The summed E-state index contributed by atoms with van der Waals surface area (Å²) in [5, 5.41) is 2.84. The molecule has 0 bridgehead atoms. The number of halogens is 1. The Kier molecular flexibility index (Phi) is 6.27. The van der Waals surface area contributed by atoms with Gasteiger partial charge in [-0.2, -0.15) is 0 Å². The molecule has 0 aliphatic carbocycles. The lowest BCUT2D eigenvalue weighted by Gasteiger charge is -2.09. The highest BCUT2D eigenvalue weighted by Gasteiger charge is 2.05. The van der Waals surface area contributed by atoms with Gasteiger partial charge in [0.25, 0.3) is 0 Å². The predicted octanol–water partition coefficient (Wildman–Crippen LogP) is 3.20. The van der Waals surface area contributed by atoms with Crippen molar-refractivity contribution in [2.24, 2.45) is 0 Å². The predicted molar refractivity (Wildman–Crippen MR) is 89.3 cm³/mol. The van der Waals surface area contributed by atoms with Gasteiger partial charge in [0.05, 0.1) is 20.1 Å². The average Bonchev–Trinajstić information content (AvgIpc) is 2.54. The fourth-order valence-corrected chi connectivity index (χ4v) is 2.35. The number of nitrogens with one attached hydrogen (secondary N) is 1.